The molecule has 1 aliphatic rings. The van der Waals surface area contributed by atoms with Crippen molar-refractivity contribution in [2.75, 3.05) is 21.3 Å². The number of carbonyl (C=O) groups excluding carboxylic acids is 2. The quantitative estimate of drug-likeness (QED) is 0.627. The van der Waals surface area contributed by atoms with Crippen LogP contribution in [-0.2, 0) is 4.74 Å². The summed E-state index contributed by atoms with van der Waals surface area (Å²) in [6, 6.07) is 7.74. The lowest BCUT2D eigenvalue weighted by molar-refractivity contribution is 0.0365. The van der Waals surface area contributed by atoms with E-state index >= 15 is 0 Å². The fourth-order valence-electron chi connectivity index (χ4n) is 2.98. The van der Waals surface area contributed by atoms with Crippen molar-refractivity contribution in [1.29, 1.82) is 0 Å². The molecule has 2 aromatic carbocycles. The van der Waals surface area contributed by atoms with Gasteiger partial charge >= 0.3 is 5.97 Å². The number of hydrogen-bond donors (Lipinski definition) is 1. The Bertz CT molecular complexity index is 872. The number of phenolic OH excluding ortho intramolecular Hbond substituents is 1. The minimum atomic E-state index is -0.758. The molecule has 0 spiro atoms. The fourth-order valence-corrected chi connectivity index (χ4v) is 2.98. The maximum absolute atomic E-state index is 12.6. The average Bonchev–Trinajstić information content (AvgIpc) is 2.96. The Morgan fingerprint density at radius 1 is 1.12 bits per heavy atom. The van der Waals surface area contributed by atoms with Crippen LogP contribution in [0, 0.1) is 0 Å². The normalized spacial score (nSPS) is 15.2. The maximum atomic E-state index is 12.6. The van der Waals surface area contributed by atoms with Crippen molar-refractivity contribution in [2.24, 2.45) is 0 Å². The Morgan fingerprint density at radius 3 is 2.50 bits per heavy atom. The highest BCUT2D eigenvalue weighted by atomic mass is 16.6. The molecule has 1 atom stereocenters. The second-order valence-electron chi connectivity index (χ2n) is 5.67. The van der Waals surface area contributed by atoms with E-state index < -0.39 is 12.1 Å². The number of hydrogen-bond acceptors (Lipinski definition) is 7. The number of ether oxygens (including phenoxy) is 4. The predicted molar refractivity (Wildman–Crippen MR) is 91.3 cm³/mol. The minimum absolute atomic E-state index is 0.103. The van der Waals surface area contributed by atoms with Crippen LogP contribution < -0.4 is 14.2 Å². The van der Waals surface area contributed by atoms with Gasteiger partial charge in [-0.3, -0.25) is 4.79 Å². The lowest BCUT2D eigenvalue weighted by Gasteiger charge is -2.12. The van der Waals surface area contributed by atoms with E-state index in [9.17, 15) is 14.7 Å². The van der Waals surface area contributed by atoms with Gasteiger partial charge < -0.3 is 24.1 Å². The van der Waals surface area contributed by atoms with Crippen LogP contribution in [-0.4, -0.2) is 38.2 Å². The summed E-state index contributed by atoms with van der Waals surface area (Å²) in [7, 11) is 4.37. The Balaban J connectivity index is 1.90. The molecule has 1 heterocycles. The molecular weight excluding hydrogens is 340 g/mol. The first-order chi connectivity index (χ1) is 12.5. The van der Waals surface area contributed by atoms with E-state index in [-0.39, 0.29) is 34.8 Å². The van der Waals surface area contributed by atoms with Crippen LogP contribution in [0.4, 0.5) is 0 Å². The summed E-state index contributed by atoms with van der Waals surface area (Å²) < 4.78 is 20.8. The Hall–Kier alpha value is -3.22. The van der Waals surface area contributed by atoms with Crippen LogP contribution in [0.5, 0.6) is 23.0 Å². The zero-order valence-corrected chi connectivity index (χ0v) is 14.6. The molecule has 2 aromatic rings. The predicted octanol–water partition coefficient (Wildman–Crippen LogP) is 2.90. The SMILES string of the molecule is COc1ccc(C(=O)C[C@H]2OC(=O)c3c2ccc(OC)c3OC)c(O)c1. The third kappa shape index (κ3) is 2.92. The third-order valence-electron chi connectivity index (χ3n) is 4.25. The monoisotopic (exact) mass is 358 g/mol. The smallest absolute Gasteiger partial charge is 0.343 e. The Morgan fingerprint density at radius 2 is 1.88 bits per heavy atom. The molecule has 0 aliphatic carbocycles. The van der Waals surface area contributed by atoms with Gasteiger partial charge in [-0.2, -0.15) is 0 Å². The van der Waals surface area contributed by atoms with Crippen LogP contribution in [0.15, 0.2) is 30.3 Å². The van der Waals surface area contributed by atoms with Crippen molar-refractivity contribution in [3.8, 4) is 23.0 Å². The summed E-state index contributed by atoms with van der Waals surface area (Å²) in [4.78, 5) is 24.8. The summed E-state index contributed by atoms with van der Waals surface area (Å²) >= 11 is 0. The van der Waals surface area contributed by atoms with E-state index in [1.807, 2.05) is 0 Å². The Kier molecular flexibility index (Phi) is 4.71. The van der Waals surface area contributed by atoms with Crippen LogP contribution >= 0.6 is 0 Å². The molecule has 136 valence electrons. The van der Waals surface area contributed by atoms with Crippen LogP contribution in [0.3, 0.4) is 0 Å². The highest BCUT2D eigenvalue weighted by Gasteiger charge is 2.37. The summed E-state index contributed by atoms with van der Waals surface area (Å²) in [5.41, 5.74) is 0.938. The number of carbonyl (C=O) groups is 2. The van der Waals surface area contributed by atoms with Gasteiger partial charge in [0, 0.05) is 11.6 Å². The standard InChI is InChI=1S/C19H18O7/c1-23-10-4-5-11(13(20)8-10)14(21)9-16-12-6-7-15(24-2)18(25-3)17(12)19(22)26-16/h4-8,16,20H,9H2,1-3H3/t16-/m1/s1. The number of fused-ring (bicyclic) bond motifs is 1. The first-order valence-corrected chi connectivity index (χ1v) is 7.86. The van der Waals surface area contributed by atoms with Gasteiger partial charge in [-0.15, -0.1) is 0 Å². The molecule has 0 aromatic heterocycles. The van der Waals surface area contributed by atoms with E-state index in [2.05, 4.69) is 0 Å². The molecule has 7 nitrogen and oxygen atoms in total. The van der Waals surface area contributed by atoms with E-state index in [1.165, 1.54) is 33.5 Å². The van der Waals surface area contributed by atoms with E-state index in [4.69, 9.17) is 18.9 Å². The molecular formula is C19H18O7. The lowest BCUT2D eigenvalue weighted by Crippen LogP contribution is -2.08. The summed E-state index contributed by atoms with van der Waals surface area (Å²) in [5.74, 6) is -0.00182. The van der Waals surface area contributed by atoms with Gasteiger partial charge in [-0.05, 0) is 18.2 Å². The van der Waals surface area contributed by atoms with Crippen molar-refractivity contribution in [2.45, 2.75) is 12.5 Å². The molecule has 0 fully saturated rings. The van der Waals surface area contributed by atoms with E-state index in [0.717, 1.165) is 0 Å². The number of rotatable bonds is 6. The minimum Gasteiger partial charge on any atom is -0.507 e. The van der Waals surface area contributed by atoms with E-state index in [1.54, 1.807) is 18.2 Å². The molecule has 0 saturated heterocycles. The zero-order chi connectivity index (χ0) is 18.8. The molecule has 1 aliphatic heterocycles. The van der Waals surface area contributed by atoms with Crippen molar-refractivity contribution < 1.29 is 33.6 Å². The molecule has 0 bridgehead atoms. The second kappa shape index (κ2) is 6.95. The zero-order valence-electron chi connectivity index (χ0n) is 14.6. The van der Waals surface area contributed by atoms with Gasteiger partial charge in [0.1, 0.15) is 23.2 Å². The van der Waals surface area contributed by atoms with Gasteiger partial charge in [0.05, 0.1) is 33.3 Å². The molecule has 3 rings (SSSR count). The van der Waals surface area contributed by atoms with Gasteiger partial charge in [0.25, 0.3) is 0 Å². The number of Topliss-reactive ketones (excluding diaryl/α,β-unsaturated/α-hetero) is 1. The summed E-state index contributed by atoms with van der Waals surface area (Å²) in [6.45, 7) is 0. The molecule has 0 radical (unpaired) electrons. The first kappa shape index (κ1) is 17.6. The number of benzene rings is 2. The first-order valence-electron chi connectivity index (χ1n) is 7.86. The van der Waals surface area contributed by atoms with Crippen LogP contribution in [0.2, 0.25) is 0 Å². The average molecular weight is 358 g/mol. The number of cyclic esters (lactones) is 1. The molecule has 7 heteroatoms. The number of methoxy groups -OCH3 is 3. The van der Waals surface area contributed by atoms with Crippen molar-refractivity contribution >= 4 is 11.8 Å². The van der Waals surface area contributed by atoms with Gasteiger partial charge in [-0.1, -0.05) is 6.07 Å². The summed E-state index contributed by atoms with van der Waals surface area (Å²) in [6.07, 6.45) is -0.861. The third-order valence-corrected chi connectivity index (χ3v) is 4.25. The molecule has 26 heavy (non-hydrogen) atoms. The van der Waals surface area contributed by atoms with Crippen molar-refractivity contribution in [3.05, 3.63) is 47.0 Å². The maximum Gasteiger partial charge on any atom is 0.343 e. The second-order valence-corrected chi connectivity index (χ2v) is 5.67. The highest BCUT2D eigenvalue weighted by molar-refractivity contribution is 6.02. The number of esters is 1. The molecule has 0 saturated carbocycles. The van der Waals surface area contributed by atoms with Crippen LogP contribution in [0.1, 0.15) is 38.8 Å². The summed E-state index contributed by atoms with van der Waals surface area (Å²) in [5, 5.41) is 10.0. The molecule has 1 N–H and O–H groups in total. The van der Waals surface area contributed by atoms with Gasteiger partial charge in [0.15, 0.2) is 17.3 Å². The number of aromatic hydroxyl groups is 1. The lowest BCUT2D eigenvalue weighted by atomic mass is 9.97. The van der Waals surface area contributed by atoms with Crippen LogP contribution in [0.25, 0.3) is 0 Å². The fraction of sp³-hybridized carbons (Fsp3) is 0.263. The molecule has 0 amide bonds. The van der Waals surface area contributed by atoms with Gasteiger partial charge in [0.2, 0.25) is 0 Å². The Labute approximate surface area is 150 Å². The van der Waals surface area contributed by atoms with E-state index in [0.29, 0.717) is 17.1 Å². The van der Waals surface area contributed by atoms with Crippen molar-refractivity contribution in [3.63, 3.8) is 0 Å². The topological polar surface area (TPSA) is 91.3 Å². The number of ketones is 1. The highest BCUT2D eigenvalue weighted by Crippen LogP contribution is 2.43. The largest absolute Gasteiger partial charge is 0.507 e. The molecule has 0 unspecified atom stereocenters. The van der Waals surface area contributed by atoms with Crippen molar-refractivity contribution in [1.82, 2.24) is 0 Å². The number of phenols is 1. The van der Waals surface area contributed by atoms with Gasteiger partial charge in [-0.25, -0.2) is 4.79 Å².